The lowest BCUT2D eigenvalue weighted by molar-refractivity contribution is 0.0258. The van der Waals surface area contributed by atoms with Crippen molar-refractivity contribution in [1.29, 1.82) is 0 Å². The van der Waals surface area contributed by atoms with Gasteiger partial charge in [0.25, 0.3) is 0 Å². The molecule has 0 radical (unpaired) electrons. The van der Waals surface area contributed by atoms with Crippen LogP contribution >= 0.6 is 11.3 Å². The molecule has 1 fully saturated rings. The average molecular weight is 282 g/mol. The van der Waals surface area contributed by atoms with Gasteiger partial charge in [-0.1, -0.05) is 0 Å². The SMILES string of the molecule is CN(Cc1ccsc1C(=O)O)CC1(N(C)C)CCC1. The Morgan fingerprint density at radius 2 is 2.11 bits per heavy atom. The zero-order chi connectivity index (χ0) is 14.0. The van der Waals surface area contributed by atoms with E-state index < -0.39 is 5.97 Å². The first-order valence-electron chi connectivity index (χ1n) is 6.60. The highest BCUT2D eigenvalue weighted by Gasteiger charge is 2.39. The summed E-state index contributed by atoms with van der Waals surface area (Å²) < 4.78 is 0. The summed E-state index contributed by atoms with van der Waals surface area (Å²) in [6.45, 7) is 1.70. The normalized spacial score (nSPS) is 17.7. The third-order valence-corrected chi connectivity index (χ3v) is 5.12. The van der Waals surface area contributed by atoms with Crippen molar-refractivity contribution < 1.29 is 9.90 Å². The van der Waals surface area contributed by atoms with E-state index in [0.717, 1.165) is 12.1 Å². The van der Waals surface area contributed by atoms with Crippen LogP contribution in [0.25, 0.3) is 0 Å². The molecular weight excluding hydrogens is 260 g/mol. The predicted molar refractivity (Wildman–Crippen MR) is 77.9 cm³/mol. The molecule has 0 atom stereocenters. The molecule has 19 heavy (non-hydrogen) atoms. The predicted octanol–water partition coefficient (Wildman–Crippen LogP) is 2.36. The van der Waals surface area contributed by atoms with E-state index in [-0.39, 0.29) is 5.54 Å². The van der Waals surface area contributed by atoms with Gasteiger partial charge in [0.05, 0.1) is 0 Å². The maximum atomic E-state index is 11.1. The van der Waals surface area contributed by atoms with Crippen molar-refractivity contribution in [3.05, 3.63) is 21.9 Å². The second-order valence-electron chi connectivity index (χ2n) is 5.72. The smallest absolute Gasteiger partial charge is 0.346 e. The molecule has 0 unspecified atom stereocenters. The molecular formula is C14H22N2O2S. The molecule has 0 saturated heterocycles. The summed E-state index contributed by atoms with van der Waals surface area (Å²) in [6, 6.07) is 1.92. The number of hydrogen-bond acceptors (Lipinski definition) is 4. The van der Waals surface area contributed by atoms with E-state index in [9.17, 15) is 4.79 Å². The quantitative estimate of drug-likeness (QED) is 0.870. The fourth-order valence-electron chi connectivity index (χ4n) is 2.83. The monoisotopic (exact) mass is 282 g/mol. The number of carbonyl (C=O) groups is 1. The molecule has 0 spiro atoms. The van der Waals surface area contributed by atoms with Gasteiger partial charge < -0.3 is 14.9 Å². The lowest BCUT2D eigenvalue weighted by atomic mass is 9.75. The van der Waals surface area contributed by atoms with Crippen LogP contribution in [-0.2, 0) is 6.54 Å². The Labute approximate surface area is 118 Å². The van der Waals surface area contributed by atoms with Crippen molar-refractivity contribution in [1.82, 2.24) is 9.80 Å². The zero-order valence-corrected chi connectivity index (χ0v) is 12.7. The second kappa shape index (κ2) is 5.61. The lowest BCUT2D eigenvalue weighted by Crippen LogP contribution is -2.56. The molecule has 1 aromatic heterocycles. The van der Waals surface area contributed by atoms with Gasteiger partial charge in [0.15, 0.2) is 0 Å². The van der Waals surface area contributed by atoms with Gasteiger partial charge in [-0.05, 0) is 57.4 Å². The maximum absolute atomic E-state index is 11.1. The minimum absolute atomic E-state index is 0.286. The molecule has 4 nitrogen and oxygen atoms in total. The van der Waals surface area contributed by atoms with Gasteiger partial charge in [0, 0.05) is 18.6 Å². The van der Waals surface area contributed by atoms with Crippen LogP contribution < -0.4 is 0 Å². The largest absolute Gasteiger partial charge is 0.477 e. The number of carboxylic acids is 1. The van der Waals surface area contributed by atoms with Crippen LogP contribution in [0.3, 0.4) is 0 Å². The van der Waals surface area contributed by atoms with Crippen LogP contribution in [0, 0.1) is 0 Å². The first-order valence-corrected chi connectivity index (χ1v) is 7.48. The highest BCUT2D eigenvalue weighted by Crippen LogP contribution is 2.37. The molecule has 1 aliphatic rings. The fourth-order valence-corrected chi connectivity index (χ4v) is 3.58. The highest BCUT2D eigenvalue weighted by molar-refractivity contribution is 7.12. The Hall–Kier alpha value is -0.910. The Morgan fingerprint density at radius 1 is 1.42 bits per heavy atom. The van der Waals surface area contributed by atoms with E-state index in [1.54, 1.807) is 0 Å². The number of thiophene rings is 1. The molecule has 2 rings (SSSR count). The third-order valence-electron chi connectivity index (χ3n) is 4.18. The molecule has 1 saturated carbocycles. The molecule has 0 amide bonds. The Bertz CT molecular complexity index is 452. The summed E-state index contributed by atoms with van der Waals surface area (Å²) >= 11 is 1.31. The van der Waals surface area contributed by atoms with Crippen molar-refractivity contribution in [2.24, 2.45) is 0 Å². The van der Waals surface area contributed by atoms with Crippen molar-refractivity contribution in [2.45, 2.75) is 31.3 Å². The molecule has 1 aromatic rings. The fraction of sp³-hybridized carbons (Fsp3) is 0.643. The molecule has 106 valence electrons. The minimum Gasteiger partial charge on any atom is -0.477 e. The van der Waals surface area contributed by atoms with Gasteiger partial charge in [-0.15, -0.1) is 11.3 Å². The summed E-state index contributed by atoms with van der Waals surface area (Å²) in [5.41, 5.74) is 1.21. The summed E-state index contributed by atoms with van der Waals surface area (Å²) in [5, 5.41) is 11.0. The Morgan fingerprint density at radius 3 is 2.58 bits per heavy atom. The van der Waals surface area contributed by atoms with Gasteiger partial charge in [0.2, 0.25) is 0 Å². The number of hydrogen-bond donors (Lipinski definition) is 1. The topological polar surface area (TPSA) is 43.8 Å². The molecule has 1 heterocycles. The summed E-state index contributed by atoms with van der Waals surface area (Å²) in [4.78, 5) is 16.1. The first-order chi connectivity index (χ1) is 8.94. The second-order valence-corrected chi connectivity index (χ2v) is 6.64. The van der Waals surface area contributed by atoms with E-state index >= 15 is 0 Å². The molecule has 1 aliphatic carbocycles. The Balaban J connectivity index is 1.99. The van der Waals surface area contributed by atoms with Crippen LogP contribution in [0.2, 0.25) is 0 Å². The zero-order valence-electron chi connectivity index (χ0n) is 11.8. The summed E-state index contributed by atoms with van der Waals surface area (Å²) in [7, 11) is 6.35. The summed E-state index contributed by atoms with van der Waals surface area (Å²) in [5.74, 6) is -0.815. The standard InChI is InChI=1S/C14H22N2O2S/c1-15(2)14(6-4-7-14)10-16(3)9-11-5-8-19-12(11)13(17)18/h5,8H,4,6-7,9-10H2,1-3H3,(H,17,18). The first kappa shape index (κ1) is 14.5. The molecule has 0 aliphatic heterocycles. The third kappa shape index (κ3) is 2.99. The van der Waals surface area contributed by atoms with E-state index in [0.29, 0.717) is 11.4 Å². The van der Waals surface area contributed by atoms with Gasteiger partial charge in [0.1, 0.15) is 4.88 Å². The van der Waals surface area contributed by atoms with E-state index in [2.05, 4.69) is 30.9 Å². The van der Waals surface area contributed by atoms with Gasteiger partial charge in [-0.25, -0.2) is 4.79 Å². The van der Waals surface area contributed by atoms with Crippen LogP contribution in [-0.4, -0.2) is 54.1 Å². The van der Waals surface area contributed by atoms with Crippen molar-refractivity contribution in [2.75, 3.05) is 27.7 Å². The number of carboxylic acid groups (broad SMARTS) is 1. The molecule has 0 bridgehead atoms. The van der Waals surface area contributed by atoms with E-state index in [1.165, 1.54) is 30.6 Å². The molecule has 5 heteroatoms. The number of aromatic carboxylic acids is 1. The summed E-state index contributed by atoms with van der Waals surface area (Å²) in [6.07, 6.45) is 3.77. The lowest BCUT2D eigenvalue weighted by Gasteiger charge is -2.49. The van der Waals surface area contributed by atoms with Crippen LogP contribution in [0.4, 0.5) is 0 Å². The van der Waals surface area contributed by atoms with Crippen LogP contribution in [0.15, 0.2) is 11.4 Å². The van der Waals surface area contributed by atoms with Crippen molar-refractivity contribution in [3.63, 3.8) is 0 Å². The van der Waals surface area contributed by atoms with E-state index in [1.807, 2.05) is 11.4 Å². The number of rotatable bonds is 6. The maximum Gasteiger partial charge on any atom is 0.346 e. The Kier molecular flexibility index (Phi) is 4.28. The molecule has 1 N–H and O–H groups in total. The van der Waals surface area contributed by atoms with Gasteiger partial charge >= 0.3 is 5.97 Å². The number of nitrogens with zero attached hydrogens (tertiary/aromatic N) is 2. The van der Waals surface area contributed by atoms with Crippen LogP contribution in [0.5, 0.6) is 0 Å². The van der Waals surface area contributed by atoms with Crippen molar-refractivity contribution >= 4 is 17.3 Å². The minimum atomic E-state index is -0.815. The van der Waals surface area contributed by atoms with Crippen molar-refractivity contribution in [3.8, 4) is 0 Å². The number of likely N-dealkylation sites (N-methyl/N-ethyl adjacent to an activating group) is 2. The van der Waals surface area contributed by atoms with Gasteiger partial charge in [-0.3, -0.25) is 0 Å². The average Bonchev–Trinajstić information content (AvgIpc) is 2.71. The highest BCUT2D eigenvalue weighted by atomic mass is 32.1. The molecule has 0 aromatic carbocycles. The van der Waals surface area contributed by atoms with E-state index in [4.69, 9.17) is 5.11 Å². The van der Waals surface area contributed by atoms with Gasteiger partial charge in [-0.2, -0.15) is 0 Å². The van der Waals surface area contributed by atoms with Crippen LogP contribution in [0.1, 0.15) is 34.5 Å².